The molecule has 176 valence electrons. The van der Waals surface area contributed by atoms with Gasteiger partial charge in [0.15, 0.2) is 23.0 Å². The molecular weight excluding hydrogens is 457 g/mol. The van der Waals surface area contributed by atoms with E-state index >= 15 is 0 Å². The summed E-state index contributed by atoms with van der Waals surface area (Å²) in [5.74, 6) is 2.10. The Morgan fingerprint density at radius 1 is 1.00 bits per heavy atom. The molecule has 0 saturated heterocycles. The number of rotatable bonds is 4. The molecule has 34 heavy (non-hydrogen) atoms. The number of hydrogen-bond acceptors (Lipinski definition) is 6. The second kappa shape index (κ2) is 8.60. The lowest BCUT2D eigenvalue weighted by Gasteiger charge is -2.42. The van der Waals surface area contributed by atoms with Crippen molar-refractivity contribution in [3.63, 3.8) is 0 Å². The number of fused-ring (bicyclic) bond motifs is 5. The van der Waals surface area contributed by atoms with Crippen LogP contribution in [0.2, 0.25) is 0 Å². The van der Waals surface area contributed by atoms with Crippen LogP contribution >= 0.6 is 0 Å². The standard InChI is InChI=1S/C26H24FNO5S/c1-30-23-14-21-16(10-26(23)33-34(29)20-4-2-3-19(27)13-20)5-6-28-15-18-12-25-24(31-7-8-32-25)11-17(18)9-22(21)28/h2-4,10-14,22H,5-9,15H2,1H3. The van der Waals surface area contributed by atoms with Crippen LogP contribution < -0.4 is 18.4 Å². The Labute approximate surface area is 199 Å². The van der Waals surface area contributed by atoms with Crippen LogP contribution in [-0.2, 0) is 30.5 Å². The first kappa shape index (κ1) is 21.4. The number of halogens is 1. The van der Waals surface area contributed by atoms with E-state index in [1.54, 1.807) is 13.2 Å². The molecular formula is C26H24FNO5S. The number of benzene rings is 3. The number of nitrogens with zero attached hydrogens (tertiary/aromatic N) is 1. The summed E-state index contributed by atoms with van der Waals surface area (Å²) in [6.45, 7) is 2.91. The molecule has 3 heterocycles. The predicted octanol–water partition coefficient (Wildman–Crippen LogP) is 4.36. The van der Waals surface area contributed by atoms with Gasteiger partial charge in [0.2, 0.25) is 11.1 Å². The monoisotopic (exact) mass is 481 g/mol. The van der Waals surface area contributed by atoms with Gasteiger partial charge in [0.1, 0.15) is 19.0 Å². The van der Waals surface area contributed by atoms with Crippen molar-refractivity contribution in [3.05, 3.63) is 76.6 Å². The normalized spacial score (nSPS) is 19.4. The van der Waals surface area contributed by atoms with Crippen LogP contribution in [0.5, 0.6) is 23.0 Å². The van der Waals surface area contributed by atoms with Gasteiger partial charge in [-0.1, -0.05) is 6.07 Å². The Hall–Kier alpha value is -3.10. The van der Waals surface area contributed by atoms with Crippen LogP contribution in [0.25, 0.3) is 0 Å². The van der Waals surface area contributed by atoms with Gasteiger partial charge in [0.25, 0.3) is 0 Å². The van der Waals surface area contributed by atoms with Crippen molar-refractivity contribution in [3.8, 4) is 23.0 Å². The maximum atomic E-state index is 13.6. The molecule has 3 aromatic rings. The minimum atomic E-state index is -1.85. The first-order valence-corrected chi connectivity index (χ1v) is 12.4. The molecule has 0 N–H and O–H groups in total. The number of methoxy groups -OCH3 is 1. The largest absolute Gasteiger partial charge is 0.493 e. The van der Waals surface area contributed by atoms with Gasteiger partial charge in [0, 0.05) is 19.1 Å². The van der Waals surface area contributed by atoms with Crippen LogP contribution in [-0.4, -0.2) is 36.0 Å². The summed E-state index contributed by atoms with van der Waals surface area (Å²) < 4.78 is 49.2. The third kappa shape index (κ3) is 3.80. The lowest BCUT2D eigenvalue weighted by atomic mass is 9.83. The first-order chi connectivity index (χ1) is 16.6. The van der Waals surface area contributed by atoms with Gasteiger partial charge < -0.3 is 18.4 Å². The molecule has 2 unspecified atom stereocenters. The molecule has 3 aromatic carbocycles. The summed E-state index contributed by atoms with van der Waals surface area (Å²) in [7, 11) is 1.57. The van der Waals surface area contributed by atoms with Crippen LogP contribution in [0.4, 0.5) is 4.39 Å². The van der Waals surface area contributed by atoms with Gasteiger partial charge in [0.05, 0.1) is 12.0 Å². The van der Waals surface area contributed by atoms with Crippen LogP contribution in [0.1, 0.15) is 28.3 Å². The molecule has 8 heteroatoms. The highest BCUT2D eigenvalue weighted by Gasteiger charge is 2.34. The summed E-state index contributed by atoms with van der Waals surface area (Å²) >= 11 is -1.85. The van der Waals surface area contributed by atoms with Crippen molar-refractivity contribution in [2.75, 3.05) is 26.9 Å². The fraction of sp³-hybridized carbons (Fsp3) is 0.308. The van der Waals surface area contributed by atoms with E-state index in [9.17, 15) is 8.60 Å². The summed E-state index contributed by atoms with van der Waals surface area (Å²) in [5, 5.41) is 0. The van der Waals surface area contributed by atoms with Gasteiger partial charge >= 0.3 is 0 Å². The summed E-state index contributed by atoms with van der Waals surface area (Å²) in [5.41, 5.74) is 4.88. The molecule has 0 fully saturated rings. The molecule has 0 bridgehead atoms. The average molecular weight is 482 g/mol. The third-order valence-electron chi connectivity index (χ3n) is 6.70. The zero-order valence-electron chi connectivity index (χ0n) is 18.7. The lowest BCUT2D eigenvalue weighted by Crippen LogP contribution is -2.39. The van der Waals surface area contributed by atoms with Gasteiger partial charge in [-0.25, -0.2) is 8.60 Å². The molecule has 6 nitrogen and oxygen atoms in total. The van der Waals surface area contributed by atoms with E-state index in [0.717, 1.165) is 43.0 Å². The van der Waals surface area contributed by atoms with E-state index in [1.165, 1.54) is 34.9 Å². The molecule has 0 amide bonds. The van der Waals surface area contributed by atoms with Gasteiger partial charge in [-0.05, 0) is 77.6 Å². The Kier molecular flexibility index (Phi) is 5.42. The van der Waals surface area contributed by atoms with Crippen LogP contribution in [0.15, 0.2) is 53.4 Å². The smallest absolute Gasteiger partial charge is 0.240 e. The second-order valence-corrected chi connectivity index (χ2v) is 9.79. The molecule has 6 rings (SSSR count). The summed E-state index contributed by atoms with van der Waals surface area (Å²) in [6, 6.07) is 14.0. The predicted molar refractivity (Wildman–Crippen MR) is 124 cm³/mol. The van der Waals surface area contributed by atoms with Gasteiger partial charge in [-0.2, -0.15) is 0 Å². The fourth-order valence-electron chi connectivity index (χ4n) is 5.05. The van der Waals surface area contributed by atoms with E-state index in [4.69, 9.17) is 18.4 Å². The fourth-order valence-corrected chi connectivity index (χ4v) is 5.84. The van der Waals surface area contributed by atoms with E-state index in [0.29, 0.717) is 24.7 Å². The number of ether oxygens (including phenoxy) is 3. The Bertz CT molecular complexity index is 1300. The van der Waals surface area contributed by atoms with Crippen LogP contribution in [0.3, 0.4) is 0 Å². The average Bonchev–Trinajstić information content (AvgIpc) is 2.85. The van der Waals surface area contributed by atoms with Crippen molar-refractivity contribution in [2.45, 2.75) is 30.3 Å². The minimum Gasteiger partial charge on any atom is -0.493 e. The molecule has 2 atom stereocenters. The second-order valence-electron chi connectivity index (χ2n) is 8.68. The number of hydrogen-bond donors (Lipinski definition) is 0. The molecule has 3 aliphatic rings. The molecule has 0 spiro atoms. The third-order valence-corrected chi connectivity index (χ3v) is 7.67. The molecule has 0 aromatic heterocycles. The topological polar surface area (TPSA) is 57.2 Å². The molecule has 0 aliphatic carbocycles. The van der Waals surface area contributed by atoms with Crippen molar-refractivity contribution < 1.29 is 27.0 Å². The first-order valence-electron chi connectivity index (χ1n) is 11.3. The maximum absolute atomic E-state index is 13.6. The van der Waals surface area contributed by atoms with E-state index in [1.807, 2.05) is 12.1 Å². The van der Waals surface area contributed by atoms with E-state index in [-0.39, 0.29) is 10.9 Å². The zero-order chi connectivity index (χ0) is 23.2. The van der Waals surface area contributed by atoms with Crippen molar-refractivity contribution >= 4 is 11.1 Å². The SMILES string of the molecule is COc1cc2c(cc1OS(=O)c1cccc(F)c1)CCN1Cc3cc4c(cc3CC21)OCCO4. The quantitative estimate of drug-likeness (QED) is 0.552. The van der Waals surface area contributed by atoms with Crippen molar-refractivity contribution in [1.29, 1.82) is 0 Å². The van der Waals surface area contributed by atoms with Gasteiger partial charge in [-0.3, -0.25) is 4.90 Å². The molecule has 3 aliphatic heterocycles. The highest BCUT2D eigenvalue weighted by Crippen LogP contribution is 2.45. The molecule has 0 saturated carbocycles. The summed E-state index contributed by atoms with van der Waals surface area (Å²) in [4.78, 5) is 2.75. The maximum Gasteiger partial charge on any atom is 0.240 e. The lowest BCUT2D eigenvalue weighted by molar-refractivity contribution is 0.154. The summed E-state index contributed by atoms with van der Waals surface area (Å²) in [6.07, 6.45) is 1.70. The zero-order valence-corrected chi connectivity index (χ0v) is 19.5. The molecule has 0 radical (unpaired) electrons. The van der Waals surface area contributed by atoms with E-state index in [2.05, 4.69) is 17.0 Å². The van der Waals surface area contributed by atoms with Crippen molar-refractivity contribution in [2.24, 2.45) is 0 Å². The minimum absolute atomic E-state index is 0.204. The van der Waals surface area contributed by atoms with Crippen LogP contribution in [0, 0.1) is 5.82 Å². The Balaban J connectivity index is 1.31. The Morgan fingerprint density at radius 2 is 1.79 bits per heavy atom. The van der Waals surface area contributed by atoms with E-state index < -0.39 is 16.9 Å². The van der Waals surface area contributed by atoms with Gasteiger partial charge in [-0.15, -0.1) is 0 Å². The Morgan fingerprint density at radius 3 is 2.56 bits per heavy atom. The highest BCUT2D eigenvalue weighted by atomic mass is 32.2. The highest BCUT2D eigenvalue weighted by molar-refractivity contribution is 7.80. The van der Waals surface area contributed by atoms with Crippen molar-refractivity contribution in [1.82, 2.24) is 4.90 Å².